The van der Waals surface area contributed by atoms with Crippen molar-refractivity contribution in [1.82, 2.24) is 78.5 Å². The molecule has 1 atom stereocenters. The topological polar surface area (TPSA) is 441 Å². The molecule has 1 unspecified atom stereocenters. The number of thiazole rings is 5. The van der Waals surface area contributed by atoms with E-state index in [2.05, 4.69) is 168 Å². The summed E-state index contributed by atoms with van der Waals surface area (Å²) in [6.07, 6.45) is 7.73. The molecule has 4 N–H and O–H groups in total. The summed E-state index contributed by atoms with van der Waals surface area (Å²) in [6, 6.07) is 47.4. The molecule has 49 heteroatoms. The van der Waals surface area contributed by atoms with Crippen LogP contribution in [0.25, 0.3) is 48.9 Å². The van der Waals surface area contributed by atoms with Crippen molar-refractivity contribution in [2.24, 2.45) is 4.30 Å². The smallest absolute Gasteiger partial charge is 1.00 e. The van der Waals surface area contributed by atoms with E-state index in [0.29, 0.717) is 60.0 Å². The third-order valence-electron chi connectivity index (χ3n) is 15.5. The van der Waals surface area contributed by atoms with Crippen molar-refractivity contribution in [2.45, 2.75) is 117 Å². The number of aromatic nitrogens is 16. The van der Waals surface area contributed by atoms with Crippen molar-refractivity contribution in [2.75, 3.05) is 30.9 Å². The molecule has 16 rings (SSSR count). The van der Waals surface area contributed by atoms with E-state index in [9.17, 15) is 39.7 Å². The number of nitrogens with two attached hydrogens (primary N) is 1. The van der Waals surface area contributed by atoms with E-state index in [4.69, 9.17) is 99.0 Å². The largest absolute Gasteiger partial charge is 1.00 e. The molecule has 0 bridgehead atoms. The summed E-state index contributed by atoms with van der Waals surface area (Å²) in [5, 5.41) is 47.9. The van der Waals surface area contributed by atoms with Crippen LogP contribution in [0.3, 0.4) is 0 Å². The summed E-state index contributed by atoms with van der Waals surface area (Å²) < 4.78 is 25.0. The molecule has 3 aromatic carbocycles. The predicted molar refractivity (Wildman–Crippen MR) is 528 cm³/mol. The minimum atomic E-state index is -1.63. The van der Waals surface area contributed by atoms with E-state index < -0.39 is 31.6 Å². The van der Waals surface area contributed by atoms with Gasteiger partial charge >= 0.3 is 217 Å². The first-order valence-electron chi connectivity index (χ1n) is 37.0. The molecule has 33 nitrogen and oxygen atoms in total. The third-order valence-corrected chi connectivity index (χ3v) is 26.1. The number of alkyl halides is 1. The predicted octanol–water partition coefficient (Wildman–Crippen LogP) is 19.9. The van der Waals surface area contributed by atoms with Crippen LogP contribution in [-0.2, 0) is 26.1 Å². The van der Waals surface area contributed by atoms with Gasteiger partial charge < -0.3 is 35.5 Å². The molecule has 0 saturated carbocycles. The maximum absolute atomic E-state index is 11.7. The van der Waals surface area contributed by atoms with Gasteiger partial charge in [-0.1, -0.05) is 174 Å². The molecule has 0 amide bonds. The van der Waals surface area contributed by atoms with Crippen molar-refractivity contribution in [1.29, 1.82) is 0 Å². The van der Waals surface area contributed by atoms with E-state index in [-0.39, 0.29) is 141 Å². The first kappa shape index (κ1) is 113. The van der Waals surface area contributed by atoms with Gasteiger partial charge in [0.05, 0.1) is 59.7 Å². The number of pyridine rings is 5. The van der Waals surface area contributed by atoms with Gasteiger partial charge in [-0.15, -0.1) is 16.9 Å². The zero-order valence-corrected chi connectivity index (χ0v) is 84.4. The number of nitrogen functional groups attached to an aromatic ring is 1. The summed E-state index contributed by atoms with van der Waals surface area (Å²) in [5.74, 6) is 1.09. The number of aliphatic hydroxyl groups is 1. The van der Waals surface area contributed by atoms with Crippen molar-refractivity contribution in [3.63, 3.8) is 0 Å². The van der Waals surface area contributed by atoms with Crippen LogP contribution in [0.1, 0.15) is 120 Å². The summed E-state index contributed by atoms with van der Waals surface area (Å²) in [6.45, 7) is 18.6. The zero-order chi connectivity index (χ0) is 92.2. The maximum atomic E-state index is 11.7. The second-order valence-corrected chi connectivity index (χ2v) is 36.9. The molecule has 0 fully saturated rings. The van der Waals surface area contributed by atoms with E-state index in [1.54, 1.807) is 87.9 Å². The second-order valence-electron chi connectivity index (χ2n) is 25.7. The molecule has 0 aliphatic carbocycles. The van der Waals surface area contributed by atoms with Gasteiger partial charge in [-0.05, 0) is 90.1 Å². The summed E-state index contributed by atoms with van der Waals surface area (Å²) in [5.41, 5.74) is 8.45. The Bertz CT molecular complexity index is 6260. The number of anilines is 3. The standard InChI is InChI=1S/C18H17BNPS.C13H11ClN4O2S.C11H8BrClN4S.C11H9ClN4O4S.C11H9ClN4OS.C6H8N2O2S.C5H2Cl2N2O2.C4H9O.3CH4.K/c21-19-20-22(16-10-4-1-5-11-16,17-12-6-2-7-13-17)18-14-8-3-9-15-18;1-3-20-12(19)9-6-15-13(21-9)18-7(2)16-8-4-5-10(14)17-11(8)18;1-6-15-8-2-3-9(13)16-10(8)17(6)11-14-5-7(4-12)18-11;1-2-20-10(17)7-5-13-11(21-7)15-9-6(16(18)19)3-4-8(12)14-9;1-6-14-8-2-3-9(12)15-10(8)16(6)11-13-4-7(5-17)18-11;1-2-10-5(9)4-3-8-6(7)11-4;6-4-2-1-3(9(10)11)5(7)8-4;1-4(2,3)5;;;;/h1-15H,21H2;4-6H,3H2,1-2H3;2-3,5H,4H2,1H3;3-5H,2H2,1H3,(H,13,14,15);2-4,17H,5H2,1H3;3H,2H2,1H3,(H2,7,8);1-2H;1-3H3;3*1H4;/q;;;;;;;-1;;;;+1. The Morgan fingerprint density at radius 3 is 1.21 bits per heavy atom. The number of hydrogen-bond donors (Lipinski definition) is 3. The van der Waals surface area contributed by atoms with Gasteiger partial charge in [-0.3, -0.25) is 33.9 Å². The molecule has 0 spiro atoms. The van der Waals surface area contributed by atoms with Gasteiger partial charge in [0.1, 0.15) is 74.4 Å². The van der Waals surface area contributed by atoms with Gasteiger partial charge in [0.2, 0.25) is 11.0 Å². The Labute approximate surface area is 859 Å². The van der Waals surface area contributed by atoms with Crippen LogP contribution in [0.5, 0.6) is 0 Å². The second kappa shape index (κ2) is 54.5. The number of esters is 3. The zero-order valence-electron chi connectivity index (χ0n) is 69.1. The van der Waals surface area contributed by atoms with Crippen LogP contribution in [0.2, 0.25) is 30.9 Å². The van der Waals surface area contributed by atoms with Crippen LogP contribution in [0.15, 0.2) is 202 Å². The molecule has 0 saturated heterocycles. The van der Waals surface area contributed by atoms with Crippen molar-refractivity contribution in [3.8, 4) is 15.4 Å². The van der Waals surface area contributed by atoms with Gasteiger partial charge in [-0.25, -0.2) is 79.2 Å². The molecule has 131 heavy (non-hydrogen) atoms. The van der Waals surface area contributed by atoms with Gasteiger partial charge in [0, 0.05) is 34.7 Å². The molecule has 13 heterocycles. The summed E-state index contributed by atoms with van der Waals surface area (Å²) >= 11 is 44.1. The first-order chi connectivity index (χ1) is 60.7. The quantitative estimate of drug-likeness (QED) is 0.00989. The Morgan fingerprint density at radius 1 is 0.511 bits per heavy atom. The number of aryl methyl sites for hydroxylation is 3. The average Bonchev–Trinajstić information content (AvgIpc) is 1.72. The number of aliphatic hydroxyl groups excluding tert-OH is 1. The number of imidazole rings is 3. The minimum Gasteiger partial charge on any atom is 1.00 e. The van der Waals surface area contributed by atoms with E-state index >= 15 is 0 Å². The Balaban J connectivity index is 0.000000270. The average molecular weight is 2120 g/mol. The van der Waals surface area contributed by atoms with Gasteiger partial charge in [0.15, 0.2) is 42.6 Å². The van der Waals surface area contributed by atoms with Crippen LogP contribution in [-0.4, -0.2) is 144 Å². The van der Waals surface area contributed by atoms with Gasteiger partial charge in [0.25, 0.3) is 0 Å². The molecule has 0 aliphatic heterocycles. The number of halogens is 7. The monoisotopic (exact) mass is 2120 g/mol. The molecule has 684 valence electrons. The number of carbonyl (C=O) groups excluding carboxylic acids is 3. The number of carbonyl (C=O) groups is 3. The number of nitro groups is 2. The SMILES string of the molecule is C.C.C.CC(C)(C)[O-].CCOC(=O)c1cnc(-n2c(C)nc3ccc(Cl)nc32)s1.CCOC(=O)c1cnc(N)s1.CCOC(=O)c1cnc(Nc2nc(Cl)ccc2[N+](=O)[O-])s1.Cc1nc2ccc(Cl)nc2n1-c1ncc(CBr)s1.Cc1nc2ccc(Cl)nc2n1-c1ncc(CO)s1.O=[N+]([O-])c1ccc(Cl)nc1Cl.PB=NS(c1ccccc1)(c1ccccc1)c1ccccc1.[K+]. The van der Waals surface area contributed by atoms with E-state index in [1.807, 2.05) is 73.2 Å². The fourth-order valence-corrected chi connectivity index (χ4v) is 19.3. The number of hydrogen-bond acceptors (Lipinski definition) is 33. The summed E-state index contributed by atoms with van der Waals surface area (Å²) in [7, 11) is 0.989. The van der Waals surface area contributed by atoms with Crippen LogP contribution >= 0.6 is 162 Å². The maximum Gasteiger partial charge on any atom is 1.00 e. The number of nitrogens with zero attached hydrogens (tertiary/aromatic N) is 19. The Morgan fingerprint density at radius 2 is 0.855 bits per heavy atom. The van der Waals surface area contributed by atoms with E-state index in [1.165, 1.54) is 80.2 Å². The molecule has 16 aromatic rings. The number of benzene rings is 3. The molecular weight excluding hydrogens is 2040 g/mol. The normalized spacial score (nSPS) is 10.6. The molecule has 13 aromatic heterocycles. The molecule has 0 aliphatic rings. The first-order valence-corrected chi connectivity index (χ1v) is 46.7. The van der Waals surface area contributed by atoms with Crippen LogP contribution in [0, 0.1) is 41.0 Å². The Hall–Kier alpha value is -8.80. The molecular formula is C82H85BBrCl6KN21O12PS6. The number of nitrogens with one attached hydrogen (secondary N) is 1. The van der Waals surface area contributed by atoms with Crippen molar-refractivity contribution < 1.29 is 100 Å². The Kier molecular flexibility index (Phi) is 46.9. The third kappa shape index (κ3) is 31.9. The van der Waals surface area contributed by atoms with Crippen molar-refractivity contribution >= 4 is 247 Å². The van der Waals surface area contributed by atoms with Crippen LogP contribution < -0.4 is 67.5 Å². The fourth-order valence-electron chi connectivity index (χ4n) is 10.5. The fraction of sp³-hybridized carbons (Fsp3) is 0.220. The van der Waals surface area contributed by atoms with Crippen LogP contribution in [0.4, 0.5) is 27.5 Å². The van der Waals surface area contributed by atoms with E-state index in [0.717, 1.165) is 87.7 Å². The molecule has 0 radical (unpaired) electrons. The van der Waals surface area contributed by atoms with Crippen molar-refractivity contribution in [3.05, 3.63) is 276 Å². The number of fused-ring (bicyclic) bond motifs is 3. The summed E-state index contributed by atoms with van der Waals surface area (Å²) in [4.78, 5) is 115. The number of rotatable bonds is 19. The minimum absolute atomic E-state index is 0. The number of ether oxygens (including phenoxy) is 3. The van der Waals surface area contributed by atoms with Gasteiger partial charge in [-0.2, -0.15) is 0 Å².